The molecule has 84 valence electrons. The lowest BCUT2D eigenvalue weighted by Gasteiger charge is -2.19. The second-order valence-electron chi connectivity index (χ2n) is 3.74. The Kier molecular flexibility index (Phi) is 4.54. The van der Waals surface area contributed by atoms with Crippen molar-refractivity contribution in [2.75, 3.05) is 33.0 Å². The van der Waals surface area contributed by atoms with Crippen LogP contribution in [-0.2, 0) is 9.30 Å². The van der Waals surface area contributed by atoms with Crippen molar-refractivity contribution in [3.8, 4) is 0 Å². The van der Waals surface area contributed by atoms with Crippen molar-refractivity contribution >= 4 is 7.60 Å². The summed E-state index contributed by atoms with van der Waals surface area (Å²) in [6, 6.07) is 0.423. The van der Waals surface area contributed by atoms with Crippen molar-refractivity contribution in [1.29, 1.82) is 0 Å². The first-order chi connectivity index (χ1) is 6.49. The summed E-state index contributed by atoms with van der Waals surface area (Å²) in [6.07, 6.45) is 2.12. The van der Waals surface area contributed by atoms with Crippen LogP contribution >= 0.6 is 7.60 Å². The molecule has 0 radical (unpaired) electrons. The van der Waals surface area contributed by atoms with E-state index in [9.17, 15) is 4.57 Å². The summed E-state index contributed by atoms with van der Waals surface area (Å²) in [5.41, 5.74) is 0. The summed E-state index contributed by atoms with van der Waals surface area (Å²) < 4.78 is 15.7. The monoisotopic (exact) mass is 223 g/mol. The minimum Gasteiger partial charge on any atom is -0.379 e. The Hall–Kier alpha value is 0.0700. The molecule has 1 aliphatic heterocycles. The quantitative estimate of drug-likeness (QED) is 0.517. The smallest absolute Gasteiger partial charge is 0.327 e. The second kappa shape index (κ2) is 5.24. The van der Waals surface area contributed by atoms with E-state index in [0.29, 0.717) is 12.6 Å². The minimum absolute atomic E-state index is 0.147. The molecule has 1 atom stereocenters. The number of nitrogens with zero attached hydrogens (tertiary/aromatic N) is 1. The number of likely N-dealkylation sites (tertiary alicyclic amines) is 1. The molecule has 0 aromatic rings. The van der Waals surface area contributed by atoms with Crippen LogP contribution in [0.15, 0.2) is 0 Å². The van der Waals surface area contributed by atoms with Crippen LogP contribution in [0.1, 0.15) is 12.8 Å². The van der Waals surface area contributed by atoms with Gasteiger partial charge < -0.3 is 19.4 Å². The molecule has 5 nitrogen and oxygen atoms in total. The van der Waals surface area contributed by atoms with Crippen LogP contribution in [0.25, 0.3) is 0 Å². The Morgan fingerprint density at radius 3 is 2.79 bits per heavy atom. The maximum Gasteiger partial charge on any atom is 0.327 e. The van der Waals surface area contributed by atoms with E-state index in [-0.39, 0.29) is 12.8 Å². The van der Waals surface area contributed by atoms with Gasteiger partial charge >= 0.3 is 7.60 Å². The molecule has 0 amide bonds. The SMILES string of the molecule is CN1CCC[C@H]1COCCP(=O)(O)O. The standard InChI is InChI=1S/C8H18NO4P/c1-9-4-2-3-8(9)7-13-5-6-14(10,11)12/h8H,2-7H2,1H3,(H2,10,11,12)/t8-/m0/s1. The molecule has 0 aromatic heterocycles. The van der Waals surface area contributed by atoms with Gasteiger partial charge in [0.15, 0.2) is 0 Å². The molecule has 1 heterocycles. The van der Waals surface area contributed by atoms with Crippen LogP contribution in [0.3, 0.4) is 0 Å². The Balaban J connectivity index is 2.07. The molecule has 1 fully saturated rings. The number of rotatable bonds is 5. The van der Waals surface area contributed by atoms with Gasteiger partial charge in [0.05, 0.1) is 19.4 Å². The van der Waals surface area contributed by atoms with E-state index in [1.54, 1.807) is 0 Å². The minimum atomic E-state index is -3.88. The van der Waals surface area contributed by atoms with Crippen LogP contribution in [0.5, 0.6) is 0 Å². The zero-order valence-corrected chi connectivity index (χ0v) is 9.32. The summed E-state index contributed by atoms with van der Waals surface area (Å²) in [5, 5.41) is 0. The highest BCUT2D eigenvalue weighted by molar-refractivity contribution is 7.51. The summed E-state index contributed by atoms with van der Waals surface area (Å²) >= 11 is 0. The first-order valence-corrected chi connectivity index (χ1v) is 6.61. The summed E-state index contributed by atoms with van der Waals surface area (Å²) in [4.78, 5) is 19.4. The maximum absolute atomic E-state index is 10.5. The normalized spacial score (nSPS) is 24.4. The highest BCUT2D eigenvalue weighted by atomic mass is 31.2. The fraction of sp³-hybridized carbons (Fsp3) is 1.00. The molecule has 0 bridgehead atoms. The lowest BCUT2D eigenvalue weighted by molar-refractivity contribution is 0.0941. The largest absolute Gasteiger partial charge is 0.379 e. The van der Waals surface area contributed by atoms with Gasteiger partial charge in [0, 0.05) is 6.04 Å². The average Bonchev–Trinajstić information content (AvgIpc) is 2.44. The fourth-order valence-electron chi connectivity index (χ4n) is 1.59. The topological polar surface area (TPSA) is 70.0 Å². The summed E-state index contributed by atoms with van der Waals surface area (Å²) in [6.45, 7) is 1.82. The van der Waals surface area contributed by atoms with Gasteiger partial charge in [0.25, 0.3) is 0 Å². The van der Waals surface area contributed by atoms with E-state index in [2.05, 4.69) is 4.90 Å². The van der Waals surface area contributed by atoms with Gasteiger partial charge in [-0.1, -0.05) is 0 Å². The first kappa shape index (κ1) is 12.1. The van der Waals surface area contributed by atoms with Gasteiger partial charge in [0.1, 0.15) is 0 Å². The lowest BCUT2D eigenvalue weighted by atomic mass is 10.2. The first-order valence-electron chi connectivity index (χ1n) is 4.81. The molecule has 0 aliphatic carbocycles. The van der Waals surface area contributed by atoms with Gasteiger partial charge in [-0.25, -0.2) is 0 Å². The fourth-order valence-corrected chi connectivity index (χ4v) is 1.96. The maximum atomic E-state index is 10.5. The molecule has 1 saturated heterocycles. The molecule has 14 heavy (non-hydrogen) atoms. The van der Waals surface area contributed by atoms with Crippen LogP contribution < -0.4 is 0 Å². The van der Waals surface area contributed by atoms with Crippen molar-refractivity contribution in [2.45, 2.75) is 18.9 Å². The summed E-state index contributed by atoms with van der Waals surface area (Å²) in [5.74, 6) is 0. The predicted octanol–water partition coefficient (Wildman–Crippen LogP) is 0.275. The predicted molar refractivity (Wildman–Crippen MR) is 53.4 cm³/mol. The highest BCUT2D eigenvalue weighted by Gasteiger charge is 2.21. The van der Waals surface area contributed by atoms with Crippen LogP contribution in [0.2, 0.25) is 0 Å². The van der Waals surface area contributed by atoms with Crippen molar-refractivity contribution in [2.24, 2.45) is 0 Å². The molecule has 6 heteroatoms. The molecule has 0 saturated carbocycles. The van der Waals surface area contributed by atoms with E-state index in [4.69, 9.17) is 14.5 Å². The zero-order valence-electron chi connectivity index (χ0n) is 8.43. The molecular weight excluding hydrogens is 205 g/mol. The molecule has 0 unspecified atom stereocenters. The summed E-state index contributed by atoms with van der Waals surface area (Å²) in [7, 11) is -1.84. The van der Waals surface area contributed by atoms with Crippen molar-refractivity contribution in [3.63, 3.8) is 0 Å². The lowest BCUT2D eigenvalue weighted by Crippen LogP contribution is -2.29. The van der Waals surface area contributed by atoms with E-state index < -0.39 is 7.60 Å². The number of ether oxygens (including phenoxy) is 1. The van der Waals surface area contributed by atoms with Gasteiger partial charge in [0.2, 0.25) is 0 Å². The van der Waals surface area contributed by atoms with Crippen molar-refractivity contribution < 1.29 is 19.1 Å². The van der Waals surface area contributed by atoms with Crippen molar-refractivity contribution in [1.82, 2.24) is 4.90 Å². The third kappa shape index (κ3) is 4.53. The number of likely N-dealkylation sites (N-methyl/N-ethyl adjacent to an activating group) is 1. The molecule has 2 N–H and O–H groups in total. The molecule has 1 aliphatic rings. The average molecular weight is 223 g/mol. The number of hydrogen-bond donors (Lipinski definition) is 2. The Labute approximate surface area is 84.2 Å². The third-order valence-corrected chi connectivity index (χ3v) is 3.27. The zero-order chi connectivity index (χ0) is 10.6. The van der Waals surface area contributed by atoms with Gasteiger partial charge in [-0.15, -0.1) is 0 Å². The van der Waals surface area contributed by atoms with Gasteiger partial charge in [-0.05, 0) is 26.4 Å². The van der Waals surface area contributed by atoms with Crippen LogP contribution in [0.4, 0.5) is 0 Å². The van der Waals surface area contributed by atoms with E-state index in [1.165, 1.54) is 6.42 Å². The van der Waals surface area contributed by atoms with E-state index >= 15 is 0 Å². The van der Waals surface area contributed by atoms with Gasteiger partial charge in [-0.3, -0.25) is 4.57 Å². The van der Waals surface area contributed by atoms with Crippen LogP contribution in [-0.4, -0.2) is 53.7 Å². The molecule has 0 spiro atoms. The second-order valence-corrected chi connectivity index (χ2v) is 5.52. The van der Waals surface area contributed by atoms with Crippen molar-refractivity contribution in [3.05, 3.63) is 0 Å². The van der Waals surface area contributed by atoms with E-state index in [1.807, 2.05) is 7.05 Å². The van der Waals surface area contributed by atoms with Crippen LogP contribution in [0, 0.1) is 0 Å². The third-order valence-electron chi connectivity index (χ3n) is 2.51. The molecular formula is C8H18NO4P. The van der Waals surface area contributed by atoms with E-state index in [0.717, 1.165) is 13.0 Å². The number of hydrogen-bond acceptors (Lipinski definition) is 3. The molecule has 1 rings (SSSR count). The molecule has 0 aromatic carbocycles. The Bertz CT molecular complexity index is 217. The highest BCUT2D eigenvalue weighted by Crippen LogP contribution is 2.33. The Morgan fingerprint density at radius 1 is 1.57 bits per heavy atom. The van der Waals surface area contributed by atoms with Gasteiger partial charge in [-0.2, -0.15) is 0 Å². The Morgan fingerprint density at radius 2 is 2.29 bits per heavy atom.